The summed E-state index contributed by atoms with van der Waals surface area (Å²) in [5.74, 6) is 0. The van der Waals surface area contributed by atoms with Crippen molar-refractivity contribution in [1.29, 1.82) is 0 Å². The lowest BCUT2D eigenvalue weighted by atomic mass is 10.2. The van der Waals surface area contributed by atoms with Crippen molar-refractivity contribution < 1.29 is 0 Å². The van der Waals surface area contributed by atoms with E-state index in [1.165, 1.54) is 24.1 Å². The van der Waals surface area contributed by atoms with Gasteiger partial charge in [0.15, 0.2) is 0 Å². The van der Waals surface area contributed by atoms with Crippen LogP contribution in [0.4, 0.5) is 5.69 Å². The molecule has 0 unspecified atom stereocenters. The molecule has 0 fully saturated rings. The Hall–Kier alpha value is -0.730. The van der Waals surface area contributed by atoms with E-state index < -0.39 is 0 Å². The zero-order valence-electron chi connectivity index (χ0n) is 10.5. The summed E-state index contributed by atoms with van der Waals surface area (Å²) in [5.41, 5.74) is 2.61. The lowest BCUT2D eigenvalue weighted by molar-refractivity contribution is 0.641. The highest BCUT2D eigenvalue weighted by atomic mass is 35.5. The lowest BCUT2D eigenvalue weighted by Crippen LogP contribution is -2.14. The summed E-state index contributed by atoms with van der Waals surface area (Å²) in [5, 5.41) is 3.44. The first-order chi connectivity index (χ1) is 7.24. The Kier molecular flexibility index (Phi) is 8.04. The molecule has 0 aromatic heterocycles. The largest absolute Gasteiger partial charge is 0.378 e. The molecule has 1 aromatic rings. The van der Waals surface area contributed by atoms with Gasteiger partial charge in [0.25, 0.3) is 0 Å². The van der Waals surface area contributed by atoms with Gasteiger partial charge < -0.3 is 10.2 Å². The molecule has 3 heteroatoms. The third-order valence-electron chi connectivity index (χ3n) is 2.49. The average Bonchev–Trinajstić information content (AvgIpc) is 2.25. The van der Waals surface area contributed by atoms with Crippen molar-refractivity contribution in [3.8, 4) is 0 Å². The van der Waals surface area contributed by atoms with Crippen LogP contribution in [0.2, 0.25) is 0 Å². The highest BCUT2D eigenvalue weighted by molar-refractivity contribution is 5.85. The van der Waals surface area contributed by atoms with Gasteiger partial charge in [-0.2, -0.15) is 0 Å². The van der Waals surface area contributed by atoms with E-state index in [0.717, 1.165) is 13.1 Å². The highest BCUT2D eigenvalue weighted by Crippen LogP contribution is 2.11. The standard InChI is InChI=1S/C13H22N2.ClH/c1-4-5-10-14-11-12-6-8-13(9-7-12)15(2)3;/h6-9,14H,4-5,10-11H2,1-3H3;1H. The molecule has 16 heavy (non-hydrogen) atoms. The van der Waals surface area contributed by atoms with Gasteiger partial charge in [0.1, 0.15) is 0 Å². The number of nitrogens with zero attached hydrogens (tertiary/aromatic N) is 1. The quantitative estimate of drug-likeness (QED) is 0.772. The minimum absolute atomic E-state index is 0. The van der Waals surface area contributed by atoms with E-state index in [9.17, 15) is 0 Å². The molecule has 92 valence electrons. The number of hydrogen-bond acceptors (Lipinski definition) is 2. The normalized spacial score (nSPS) is 9.69. The molecule has 0 heterocycles. The predicted octanol–water partition coefficient (Wildman–Crippen LogP) is 3.06. The molecule has 0 spiro atoms. The van der Waals surface area contributed by atoms with Gasteiger partial charge in [0, 0.05) is 26.3 Å². The Labute approximate surface area is 105 Å². The van der Waals surface area contributed by atoms with Crippen LogP contribution in [0.1, 0.15) is 25.3 Å². The lowest BCUT2D eigenvalue weighted by Gasteiger charge is -2.12. The van der Waals surface area contributed by atoms with Gasteiger partial charge in [-0.25, -0.2) is 0 Å². The zero-order chi connectivity index (χ0) is 11.1. The minimum Gasteiger partial charge on any atom is -0.378 e. The van der Waals surface area contributed by atoms with Crippen LogP contribution in [0, 0.1) is 0 Å². The van der Waals surface area contributed by atoms with E-state index in [1.54, 1.807) is 0 Å². The van der Waals surface area contributed by atoms with Gasteiger partial charge in [-0.1, -0.05) is 25.5 Å². The van der Waals surface area contributed by atoms with Crippen LogP contribution in [-0.2, 0) is 6.54 Å². The van der Waals surface area contributed by atoms with Gasteiger partial charge in [-0.15, -0.1) is 12.4 Å². The first-order valence-corrected chi connectivity index (χ1v) is 5.71. The molecular weight excluding hydrogens is 220 g/mol. The van der Waals surface area contributed by atoms with Crippen molar-refractivity contribution in [2.75, 3.05) is 25.5 Å². The first kappa shape index (κ1) is 15.3. The summed E-state index contributed by atoms with van der Waals surface area (Å²) in [6, 6.07) is 8.70. The molecule has 0 radical (unpaired) electrons. The average molecular weight is 243 g/mol. The topological polar surface area (TPSA) is 15.3 Å². The second-order valence-electron chi connectivity index (χ2n) is 4.09. The second kappa shape index (κ2) is 8.43. The number of rotatable bonds is 6. The van der Waals surface area contributed by atoms with Crippen molar-refractivity contribution in [2.45, 2.75) is 26.3 Å². The fraction of sp³-hybridized carbons (Fsp3) is 0.538. The zero-order valence-corrected chi connectivity index (χ0v) is 11.3. The van der Waals surface area contributed by atoms with Crippen molar-refractivity contribution >= 4 is 18.1 Å². The number of nitrogens with one attached hydrogen (secondary N) is 1. The fourth-order valence-corrected chi connectivity index (χ4v) is 1.45. The molecule has 0 amide bonds. The molecule has 0 aliphatic carbocycles. The molecule has 2 nitrogen and oxygen atoms in total. The van der Waals surface area contributed by atoms with Crippen LogP contribution in [0.25, 0.3) is 0 Å². The van der Waals surface area contributed by atoms with Crippen LogP contribution in [0.5, 0.6) is 0 Å². The molecule has 0 saturated heterocycles. The smallest absolute Gasteiger partial charge is 0.0361 e. The summed E-state index contributed by atoms with van der Waals surface area (Å²) in [7, 11) is 4.13. The van der Waals surface area contributed by atoms with Crippen molar-refractivity contribution in [3.63, 3.8) is 0 Å². The molecule has 1 rings (SSSR count). The van der Waals surface area contributed by atoms with E-state index in [-0.39, 0.29) is 12.4 Å². The number of halogens is 1. The monoisotopic (exact) mass is 242 g/mol. The summed E-state index contributed by atoms with van der Waals surface area (Å²) in [6.45, 7) is 4.31. The summed E-state index contributed by atoms with van der Waals surface area (Å²) in [6.07, 6.45) is 2.52. The van der Waals surface area contributed by atoms with Crippen LogP contribution in [0.3, 0.4) is 0 Å². The Morgan fingerprint density at radius 3 is 2.25 bits per heavy atom. The van der Waals surface area contributed by atoms with Crippen LogP contribution in [0.15, 0.2) is 24.3 Å². The SMILES string of the molecule is CCCCNCc1ccc(N(C)C)cc1.Cl. The van der Waals surface area contributed by atoms with Crippen LogP contribution >= 0.6 is 12.4 Å². The van der Waals surface area contributed by atoms with Gasteiger partial charge >= 0.3 is 0 Å². The van der Waals surface area contributed by atoms with E-state index in [4.69, 9.17) is 0 Å². The Morgan fingerprint density at radius 1 is 1.12 bits per heavy atom. The fourth-order valence-electron chi connectivity index (χ4n) is 1.45. The summed E-state index contributed by atoms with van der Waals surface area (Å²) < 4.78 is 0. The number of anilines is 1. The molecule has 0 bridgehead atoms. The molecule has 0 aliphatic rings. The highest BCUT2D eigenvalue weighted by Gasteiger charge is 1.95. The number of unbranched alkanes of at least 4 members (excludes halogenated alkanes) is 1. The van der Waals surface area contributed by atoms with Gasteiger partial charge in [-0.05, 0) is 30.7 Å². The van der Waals surface area contributed by atoms with Crippen molar-refractivity contribution in [3.05, 3.63) is 29.8 Å². The van der Waals surface area contributed by atoms with Crippen LogP contribution < -0.4 is 10.2 Å². The molecule has 1 N–H and O–H groups in total. The van der Waals surface area contributed by atoms with Gasteiger partial charge in [0.2, 0.25) is 0 Å². The third-order valence-corrected chi connectivity index (χ3v) is 2.49. The Morgan fingerprint density at radius 2 is 1.75 bits per heavy atom. The summed E-state index contributed by atoms with van der Waals surface area (Å²) in [4.78, 5) is 2.12. The Balaban J connectivity index is 0.00000225. The molecule has 0 saturated carbocycles. The molecule has 0 aliphatic heterocycles. The van der Waals surface area contributed by atoms with E-state index in [1.807, 2.05) is 0 Å². The minimum atomic E-state index is 0. The number of hydrogen-bond donors (Lipinski definition) is 1. The van der Waals surface area contributed by atoms with Gasteiger partial charge in [0.05, 0.1) is 0 Å². The molecular formula is C13H23ClN2. The maximum Gasteiger partial charge on any atom is 0.0361 e. The van der Waals surface area contributed by atoms with Gasteiger partial charge in [-0.3, -0.25) is 0 Å². The maximum atomic E-state index is 3.44. The maximum absolute atomic E-state index is 3.44. The predicted molar refractivity (Wildman–Crippen MR) is 74.6 cm³/mol. The first-order valence-electron chi connectivity index (χ1n) is 5.71. The second-order valence-corrected chi connectivity index (χ2v) is 4.09. The third kappa shape index (κ3) is 5.38. The number of benzene rings is 1. The van der Waals surface area contributed by atoms with E-state index in [2.05, 4.69) is 55.5 Å². The van der Waals surface area contributed by atoms with Crippen molar-refractivity contribution in [1.82, 2.24) is 5.32 Å². The summed E-state index contributed by atoms with van der Waals surface area (Å²) >= 11 is 0. The molecule has 1 aromatic carbocycles. The van der Waals surface area contributed by atoms with E-state index in [0.29, 0.717) is 0 Å². The Bertz CT molecular complexity index is 270. The molecule has 0 atom stereocenters. The van der Waals surface area contributed by atoms with Crippen molar-refractivity contribution in [2.24, 2.45) is 0 Å². The van der Waals surface area contributed by atoms with E-state index >= 15 is 0 Å². The van der Waals surface area contributed by atoms with Crippen LogP contribution in [-0.4, -0.2) is 20.6 Å².